The molecule has 3 unspecified atom stereocenters. The lowest BCUT2D eigenvalue weighted by Crippen LogP contribution is -2.34. The first kappa shape index (κ1) is 9.34. The van der Waals surface area contributed by atoms with Crippen LogP contribution in [0, 0.1) is 11.3 Å². The number of aliphatic hydroxyl groups excluding tert-OH is 1. The largest absolute Gasteiger partial charge is 0.392 e. The molecule has 0 saturated heterocycles. The molecule has 2 aliphatic carbocycles. The van der Waals surface area contributed by atoms with Crippen LogP contribution in [0.2, 0.25) is 0 Å². The number of hydrogen-bond donors (Lipinski definition) is 1. The highest BCUT2D eigenvalue weighted by Crippen LogP contribution is 2.72. The van der Waals surface area contributed by atoms with Crippen LogP contribution in [0.4, 0.5) is 8.78 Å². The molecule has 2 rings (SSSR count). The Bertz CT molecular complexity index is 220. The molecular formula is C9H14F2O2. The van der Waals surface area contributed by atoms with Crippen molar-refractivity contribution in [3.05, 3.63) is 0 Å². The van der Waals surface area contributed by atoms with E-state index in [1.165, 1.54) is 7.11 Å². The van der Waals surface area contributed by atoms with Crippen LogP contribution in [0.15, 0.2) is 0 Å². The molecule has 0 aromatic heterocycles. The topological polar surface area (TPSA) is 29.5 Å². The maximum Gasteiger partial charge on any atom is 0.262 e. The van der Waals surface area contributed by atoms with Crippen LogP contribution >= 0.6 is 0 Å². The number of halogens is 2. The van der Waals surface area contributed by atoms with Gasteiger partial charge in [0.05, 0.1) is 18.1 Å². The molecular weight excluding hydrogens is 178 g/mol. The van der Waals surface area contributed by atoms with Gasteiger partial charge in [0.2, 0.25) is 0 Å². The van der Waals surface area contributed by atoms with E-state index in [-0.39, 0.29) is 6.61 Å². The lowest BCUT2D eigenvalue weighted by atomic mass is 9.86. The van der Waals surface area contributed by atoms with E-state index in [2.05, 4.69) is 0 Å². The molecule has 4 heteroatoms. The Morgan fingerprint density at radius 3 is 2.69 bits per heavy atom. The Kier molecular flexibility index (Phi) is 1.90. The minimum atomic E-state index is -2.71. The SMILES string of the molecule is COCC12C(O)CCCC1C2(F)F. The van der Waals surface area contributed by atoms with Crippen molar-refractivity contribution in [2.45, 2.75) is 31.3 Å². The number of rotatable bonds is 2. The zero-order valence-electron chi connectivity index (χ0n) is 7.59. The first-order valence-electron chi connectivity index (χ1n) is 4.62. The second kappa shape index (κ2) is 2.64. The minimum absolute atomic E-state index is 0.0220. The summed E-state index contributed by atoms with van der Waals surface area (Å²) >= 11 is 0. The summed E-state index contributed by atoms with van der Waals surface area (Å²) in [5.41, 5.74) is -1.25. The van der Waals surface area contributed by atoms with E-state index in [0.717, 1.165) is 0 Å². The molecule has 0 aromatic carbocycles. The highest BCUT2D eigenvalue weighted by Gasteiger charge is 2.83. The zero-order valence-corrected chi connectivity index (χ0v) is 7.59. The molecule has 0 bridgehead atoms. The van der Waals surface area contributed by atoms with Crippen molar-refractivity contribution in [3.8, 4) is 0 Å². The average molecular weight is 192 g/mol. The molecule has 2 nitrogen and oxygen atoms in total. The molecule has 2 saturated carbocycles. The van der Waals surface area contributed by atoms with Crippen LogP contribution in [0.25, 0.3) is 0 Å². The monoisotopic (exact) mass is 192 g/mol. The summed E-state index contributed by atoms with van der Waals surface area (Å²) in [6.07, 6.45) is 0.816. The molecule has 2 fully saturated rings. The first-order valence-corrected chi connectivity index (χ1v) is 4.62. The Morgan fingerprint density at radius 1 is 1.46 bits per heavy atom. The third kappa shape index (κ3) is 0.931. The van der Waals surface area contributed by atoms with Crippen molar-refractivity contribution in [2.24, 2.45) is 11.3 Å². The summed E-state index contributed by atoms with van der Waals surface area (Å²) < 4.78 is 31.5. The van der Waals surface area contributed by atoms with Gasteiger partial charge in [-0.05, 0) is 12.8 Å². The highest BCUT2D eigenvalue weighted by atomic mass is 19.3. The van der Waals surface area contributed by atoms with Gasteiger partial charge in [-0.2, -0.15) is 0 Å². The van der Waals surface area contributed by atoms with Crippen LogP contribution in [0.5, 0.6) is 0 Å². The number of aliphatic hydroxyl groups is 1. The van der Waals surface area contributed by atoms with E-state index in [1.807, 2.05) is 0 Å². The molecule has 0 aliphatic heterocycles. The van der Waals surface area contributed by atoms with E-state index in [9.17, 15) is 13.9 Å². The minimum Gasteiger partial charge on any atom is -0.392 e. The van der Waals surface area contributed by atoms with Crippen molar-refractivity contribution in [2.75, 3.05) is 13.7 Å². The predicted octanol–water partition coefficient (Wildman–Crippen LogP) is 1.43. The molecule has 13 heavy (non-hydrogen) atoms. The normalized spacial score (nSPS) is 47.1. The van der Waals surface area contributed by atoms with Crippen molar-refractivity contribution < 1.29 is 18.6 Å². The maximum absolute atomic E-state index is 13.4. The molecule has 2 aliphatic rings. The van der Waals surface area contributed by atoms with Gasteiger partial charge in [0.15, 0.2) is 0 Å². The molecule has 0 aromatic rings. The summed E-state index contributed by atoms with van der Waals surface area (Å²) in [4.78, 5) is 0. The van der Waals surface area contributed by atoms with Gasteiger partial charge >= 0.3 is 0 Å². The molecule has 0 amide bonds. The number of alkyl halides is 2. The van der Waals surface area contributed by atoms with Crippen molar-refractivity contribution in [1.29, 1.82) is 0 Å². The third-order valence-corrected chi connectivity index (χ3v) is 3.54. The zero-order chi connectivity index (χ0) is 9.69. The van der Waals surface area contributed by atoms with Crippen LogP contribution in [-0.2, 0) is 4.74 Å². The second-order valence-electron chi connectivity index (χ2n) is 4.10. The van der Waals surface area contributed by atoms with Gasteiger partial charge in [-0.15, -0.1) is 0 Å². The lowest BCUT2D eigenvalue weighted by molar-refractivity contribution is -0.0490. The Labute approximate surface area is 75.9 Å². The summed E-state index contributed by atoms with van der Waals surface area (Å²) in [7, 11) is 1.40. The van der Waals surface area contributed by atoms with Gasteiger partial charge in [-0.3, -0.25) is 0 Å². The quantitative estimate of drug-likeness (QED) is 0.717. The second-order valence-corrected chi connectivity index (χ2v) is 4.10. The summed E-state index contributed by atoms with van der Waals surface area (Å²) in [5.74, 6) is -3.36. The Balaban J connectivity index is 2.22. The summed E-state index contributed by atoms with van der Waals surface area (Å²) in [5, 5.41) is 9.58. The Hall–Kier alpha value is -0.220. The standard InChI is InChI=1S/C9H14F2O2/c1-13-5-8-6(9(8,10)11)3-2-4-7(8)12/h6-7,12H,2-5H2,1H3. The number of hydrogen-bond acceptors (Lipinski definition) is 2. The van der Waals surface area contributed by atoms with Gasteiger partial charge < -0.3 is 9.84 Å². The van der Waals surface area contributed by atoms with Gasteiger partial charge in [0.25, 0.3) is 5.92 Å². The number of methoxy groups -OCH3 is 1. The number of fused-ring (bicyclic) bond motifs is 1. The van der Waals surface area contributed by atoms with Crippen LogP contribution < -0.4 is 0 Å². The molecule has 0 heterocycles. The maximum atomic E-state index is 13.4. The fraction of sp³-hybridized carbons (Fsp3) is 1.00. The van der Waals surface area contributed by atoms with Crippen LogP contribution in [-0.4, -0.2) is 30.8 Å². The van der Waals surface area contributed by atoms with Gasteiger partial charge in [-0.25, -0.2) is 8.78 Å². The molecule has 76 valence electrons. The summed E-state index contributed by atoms with van der Waals surface area (Å²) in [6, 6.07) is 0. The number of ether oxygens (including phenoxy) is 1. The molecule has 3 atom stereocenters. The van der Waals surface area contributed by atoms with E-state index < -0.39 is 23.4 Å². The first-order chi connectivity index (χ1) is 6.07. The van der Waals surface area contributed by atoms with Crippen molar-refractivity contribution in [1.82, 2.24) is 0 Å². The Morgan fingerprint density at radius 2 is 2.15 bits per heavy atom. The fourth-order valence-electron chi connectivity index (χ4n) is 2.75. The summed E-state index contributed by atoms with van der Waals surface area (Å²) in [6.45, 7) is -0.0220. The molecule has 0 radical (unpaired) electrons. The fourth-order valence-corrected chi connectivity index (χ4v) is 2.75. The van der Waals surface area contributed by atoms with Crippen LogP contribution in [0.1, 0.15) is 19.3 Å². The van der Waals surface area contributed by atoms with Gasteiger partial charge in [-0.1, -0.05) is 6.42 Å². The van der Waals surface area contributed by atoms with Gasteiger partial charge in [0.1, 0.15) is 0 Å². The van der Waals surface area contributed by atoms with Gasteiger partial charge in [0, 0.05) is 13.0 Å². The van der Waals surface area contributed by atoms with E-state index >= 15 is 0 Å². The predicted molar refractivity (Wildman–Crippen MR) is 42.6 cm³/mol. The highest BCUT2D eigenvalue weighted by molar-refractivity contribution is 5.22. The van der Waals surface area contributed by atoms with E-state index in [4.69, 9.17) is 4.74 Å². The van der Waals surface area contributed by atoms with Crippen LogP contribution in [0.3, 0.4) is 0 Å². The van der Waals surface area contributed by atoms with E-state index in [1.54, 1.807) is 0 Å². The lowest BCUT2D eigenvalue weighted by Gasteiger charge is -2.25. The van der Waals surface area contributed by atoms with E-state index in [0.29, 0.717) is 19.3 Å². The van der Waals surface area contributed by atoms with Crippen molar-refractivity contribution >= 4 is 0 Å². The smallest absolute Gasteiger partial charge is 0.262 e. The molecule has 1 N–H and O–H groups in total. The van der Waals surface area contributed by atoms with Crippen molar-refractivity contribution in [3.63, 3.8) is 0 Å². The third-order valence-electron chi connectivity index (χ3n) is 3.54. The molecule has 0 spiro atoms. The average Bonchev–Trinajstić information content (AvgIpc) is 2.54.